The van der Waals surface area contributed by atoms with E-state index in [2.05, 4.69) is 35.9 Å². The van der Waals surface area contributed by atoms with Crippen LogP contribution < -0.4 is 5.32 Å². The predicted molar refractivity (Wildman–Crippen MR) is 68.8 cm³/mol. The summed E-state index contributed by atoms with van der Waals surface area (Å²) in [7, 11) is 0. The topological polar surface area (TPSA) is 18.5 Å². The molecule has 94 valence electrons. The van der Waals surface area contributed by atoms with Crippen molar-refractivity contribution >= 4 is 0 Å². The molecular weight excluding hydrogens is 198 g/mol. The summed E-state index contributed by atoms with van der Waals surface area (Å²) >= 11 is 0. The smallest absolute Gasteiger partial charge is 0.0252 e. The third kappa shape index (κ3) is 2.96. The number of hydrogen-bond acceptors (Lipinski definition) is 3. The Balaban J connectivity index is 1.91. The highest BCUT2D eigenvalue weighted by Gasteiger charge is 2.31. The Morgan fingerprint density at radius 1 is 1.31 bits per heavy atom. The number of likely N-dealkylation sites (N-methyl/N-ethyl adjacent to an activating group) is 1. The van der Waals surface area contributed by atoms with Crippen molar-refractivity contribution in [2.45, 2.75) is 45.2 Å². The molecule has 3 nitrogen and oxygen atoms in total. The number of likely N-dealkylation sites (tertiary alicyclic amines) is 1. The maximum Gasteiger partial charge on any atom is 0.0252 e. The molecule has 1 N–H and O–H groups in total. The van der Waals surface area contributed by atoms with Crippen molar-refractivity contribution < 1.29 is 0 Å². The third-order valence-electron chi connectivity index (χ3n) is 4.05. The number of nitrogens with one attached hydrogen (secondary N) is 1. The fourth-order valence-electron chi connectivity index (χ4n) is 3.11. The first-order chi connectivity index (χ1) is 7.61. The molecule has 0 spiro atoms. The molecule has 2 saturated heterocycles. The van der Waals surface area contributed by atoms with Crippen LogP contribution in [0.5, 0.6) is 0 Å². The number of piperidine rings is 1. The first-order valence-corrected chi connectivity index (χ1v) is 6.82. The van der Waals surface area contributed by atoms with Gasteiger partial charge in [-0.2, -0.15) is 0 Å². The van der Waals surface area contributed by atoms with Crippen LogP contribution in [0.2, 0.25) is 0 Å². The second-order valence-corrected chi connectivity index (χ2v) is 5.97. The quantitative estimate of drug-likeness (QED) is 0.761. The van der Waals surface area contributed by atoms with Crippen LogP contribution in [0, 0.1) is 0 Å². The van der Waals surface area contributed by atoms with Gasteiger partial charge in [0.05, 0.1) is 0 Å². The first kappa shape index (κ1) is 12.3. The van der Waals surface area contributed by atoms with Crippen LogP contribution in [0.1, 0.15) is 33.6 Å². The molecule has 2 aliphatic heterocycles. The minimum Gasteiger partial charge on any atom is -0.309 e. The van der Waals surface area contributed by atoms with Gasteiger partial charge in [-0.1, -0.05) is 6.92 Å². The zero-order chi connectivity index (χ0) is 11.6. The lowest BCUT2D eigenvalue weighted by Crippen LogP contribution is -2.61. The maximum atomic E-state index is 3.60. The van der Waals surface area contributed by atoms with E-state index in [-0.39, 0.29) is 0 Å². The van der Waals surface area contributed by atoms with Crippen LogP contribution in [0.25, 0.3) is 0 Å². The highest BCUT2D eigenvalue weighted by atomic mass is 15.3. The SMILES string of the molecule is CCN1CCCC(N2CCNC(C)(C)C2)C1. The molecule has 0 radical (unpaired) electrons. The molecule has 2 heterocycles. The molecule has 2 rings (SSSR count). The van der Waals surface area contributed by atoms with E-state index in [0.29, 0.717) is 5.54 Å². The summed E-state index contributed by atoms with van der Waals surface area (Å²) in [6.45, 7) is 14.3. The van der Waals surface area contributed by atoms with Crippen molar-refractivity contribution in [2.24, 2.45) is 0 Å². The molecule has 0 aromatic carbocycles. The molecule has 1 atom stereocenters. The van der Waals surface area contributed by atoms with Gasteiger partial charge in [0.1, 0.15) is 0 Å². The number of hydrogen-bond donors (Lipinski definition) is 1. The van der Waals surface area contributed by atoms with E-state index >= 15 is 0 Å². The van der Waals surface area contributed by atoms with Gasteiger partial charge in [-0.15, -0.1) is 0 Å². The maximum absolute atomic E-state index is 3.60. The molecule has 0 aliphatic carbocycles. The lowest BCUT2D eigenvalue weighted by atomic mass is 9.97. The van der Waals surface area contributed by atoms with Crippen molar-refractivity contribution in [2.75, 3.05) is 39.3 Å². The average Bonchev–Trinajstić information content (AvgIpc) is 2.28. The summed E-state index contributed by atoms with van der Waals surface area (Å²) in [4.78, 5) is 5.31. The Kier molecular flexibility index (Phi) is 3.88. The molecule has 16 heavy (non-hydrogen) atoms. The Bertz CT molecular complexity index is 227. The summed E-state index contributed by atoms with van der Waals surface area (Å²) in [5, 5.41) is 3.60. The standard InChI is InChI=1S/C13H27N3/c1-4-15-8-5-6-12(10-15)16-9-7-14-13(2,3)11-16/h12,14H,4-11H2,1-3H3. The van der Waals surface area contributed by atoms with Crippen molar-refractivity contribution in [3.05, 3.63) is 0 Å². The minimum atomic E-state index is 0.298. The average molecular weight is 225 g/mol. The van der Waals surface area contributed by atoms with Gasteiger partial charge in [0.2, 0.25) is 0 Å². The second-order valence-electron chi connectivity index (χ2n) is 5.97. The fourth-order valence-corrected chi connectivity index (χ4v) is 3.11. The van der Waals surface area contributed by atoms with Gasteiger partial charge in [0.15, 0.2) is 0 Å². The summed E-state index contributed by atoms with van der Waals surface area (Å²) in [6.07, 6.45) is 2.77. The van der Waals surface area contributed by atoms with Gasteiger partial charge >= 0.3 is 0 Å². The summed E-state index contributed by atoms with van der Waals surface area (Å²) in [5.74, 6) is 0. The van der Waals surface area contributed by atoms with E-state index in [1.54, 1.807) is 0 Å². The molecule has 0 saturated carbocycles. The van der Waals surface area contributed by atoms with Crippen molar-refractivity contribution in [3.63, 3.8) is 0 Å². The van der Waals surface area contributed by atoms with E-state index in [1.165, 1.54) is 45.6 Å². The van der Waals surface area contributed by atoms with Gasteiger partial charge in [-0.3, -0.25) is 4.90 Å². The molecule has 2 aliphatic rings. The molecule has 1 unspecified atom stereocenters. The Morgan fingerprint density at radius 3 is 2.81 bits per heavy atom. The van der Waals surface area contributed by atoms with E-state index in [9.17, 15) is 0 Å². The fraction of sp³-hybridized carbons (Fsp3) is 1.00. The Labute approximate surface area is 100 Å². The largest absolute Gasteiger partial charge is 0.309 e. The van der Waals surface area contributed by atoms with Crippen LogP contribution >= 0.6 is 0 Å². The van der Waals surface area contributed by atoms with E-state index in [0.717, 1.165) is 12.6 Å². The van der Waals surface area contributed by atoms with Crippen molar-refractivity contribution in [1.82, 2.24) is 15.1 Å². The zero-order valence-electron chi connectivity index (χ0n) is 11.1. The first-order valence-electron chi connectivity index (χ1n) is 6.82. The Hall–Kier alpha value is -0.120. The van der Waals surface area contributed by atoms with Crippen LogP contribution in [0.15, 0.2) is 0 Å². The predicted octanol–water partition coefficient (Wildman–Crippen LogP) is 1.15. The minimum absolute atomic E-state index is 0.298. The number of rotatable bonds is 2. The normalized spacial score (nSPS) is 32.8. The molecule has 2 fully saturated rings. The van der Waals surface area contributed by atoms with Crippen LogP contribution in [-0.4, -0.2) is 60.6 Å². The van der Waals surface area contributed by atoms with Crippen LogP contribution in [0.4, 0.5) is 0 Å². The Morgan fingerprint density at radius 2 is 2.12 bits per heavy atom. The highest BCUT2D eigenvalue weighted by molar-refractivity contribution is 4.91. The molecule has 0 bridgehead atoms. The summed E-state index contributed by atoms with van der Waals surface area (Å²) in [5.41, 5.74) is 0.298. The molecule has 0 aromatic heterocycles. The summed E-state index contributed by atoms with van der Waals surface area (Å²) < 4.78 is 0. The lowest BCUT2D eigenvalue weighted by Gasteiger charge is -2.46. The van der Waals surface area contributed by atoms with Gasteiger partial charge in [-0.25, -0.2) is 0 Å². The van der Waals surface area contributed by atoms with Crippen LogP contribution in [0.3, 0.4) is 0 Å². The third-order valence-corrected chi connectivity index (χ3v) is 4.05. The number of piperazine rings is 1. The van der Waals surface area contributed by atoms with Gasteiger partial charge < -0.3 is 10.2 Å². The van der Waals surface area contributed by atoms with Gasteiger partial charge in [0.25, 0.3) is 0 Å². The zero-order valence-corrected chi connectivity index (χ0v) is 11.1. The van der Waals surface area contributed by atoms with E-state index in [4.69, 9.17) is 0 Å². The summed E-state index contributed by atoms with van der Waals surface area (Å²) in [6, 6.07) is 0.801. The van der Waals surface area contributed by atoms with Crippen LogP contribution in [-0.2, 0) is 0 Å². The highest BCUT2D eigenvalue weighted by Crippen LogP contribution is 2.20. The van der Waals surface area contributed by atoms with E-state index < -0.39 is 0 Å². The molecular formula is C13H27N3. The van der Waals surface area contributed by atoms with Crippen molar-refractivity contribution in [1.29, 1.82) is 0 Å². The van der Waals surface area contributed by atoms with Gasteiger partial charge in [-0.05, 0) is 39.8 Å². The van der Waals surface area contributed by atoms with E-state index in [1.807, 2.05) is 0 Å². The van der Waals surface area contributed by atoms with Crippen molar-refractivity contribution in [3.8, 4) is 0 Å². The monoisotopic (exact) mass is 225 g/mol. The van der Waals surface area contributed by atoms with Gasteiger partial charge in [0, 0.05) is 37.8 Å². The molecule has 3 heteroatoms. The lowest BCUT2D eigenvalue weighted by molar-refractivity contribution is 0.0584. The molecule has 0 amide bonds. The number of nitrogens with zero attached hydrogens (tertiary/aromatic N) is 2. The molecule has 0 aromatic rings. The second kappa shape index (κ2) is 5.03.